The van der Waals surface area contributed by atoms with Gasteiger partial charge in [0.05, 0.1) is 6.10 Å². The molecule has 12 aliphatic heterocycles. The summed E-state index contributed by atoms with van der Waals surface area (Å²) >= 11 is 0. The van der Waals surface area contributed by atoms with Crippen LogP contribution in [0, 0.1) is 0 Å². The molecule has 0 amide bonds. The lowest BCUT2D eigenvalue weighted by atomic mass is 9.94. The molecule has 72 heteroatoms. The number of carboxylic acid groups (broad SMARTS) is 12. The van der Waals surface area contributed by atoms with Crippen LogP contribution in [0.4, 0.5) is 0 Å². The first-order chi connectivity index (χ1) is 67.2. The summed E-state index contributed by atoms with van der Waals surface area (Å²) in [4.78, 5) is 151. The fourth-order valence-corrected chi connectivity index (χ4v) is 17.0. The van der Waals surface area contributed by atoms with Crippen LogP contribution in [0.15, 0.2) is 0 Å². The van der Waals surface area contributed by atoms with Crippen molar-refractivity contribution in [1.29, 1.82) is 0 Å². The van der Waals surface area contributed by atoms with Gasteiger partial charge in [0.2, 0.25) is 0 Å². The topological polar surface area (TPSA) is 1170 Å². The Morgan fingerprint density at radius 2 is 0.264 bits per heavy atom. The van der Waals surface area contributed by atoms with Crippen molar-refractivity contribution in [3.05, 3.63) is 0 Å². The summed E-state index contributed by atoms with van der Waals surface area (Å²) in [7, 11) is 0. The molecule has 12 rings (SSSR count). The molecule has 0 spiro atoms. The van der Waals surface area contributed by atoms with E-state index in [4.69, 9.17) is 109 Å². The van der Waals surface area contributed by atoms with Crippen LogP contribution >= 0.6 is 0 Å². The van der Waals surface area contributed by atoms with E-state index < -0.39 is 440 Å². The number of hydrogen-bond acceptors (Lipinski definition) is 60. The maximum absolute atomic E-state index is 12.9. The molecule has 12 heterocycles. The zero-order valence-electron chi connectivity index (χ0n) is 71.6. The number of carboxylic acids is 12. The Balaban J connectivity index is 0.644. The molecule has 12 saturated heterocycles. The van der Waals surface area contributed by atoms with E-state index >= 15 is 0 Å². The van der Waals surface area contributed by atoms with Gasteiger partial charge in [-0.05, 0) is 0 Å². The third kappa shape index (κ3) is 23.0. The fraction of sp³-hybridized carbons (Fsp3) is 0.833. The van der Waals surface area contributed by atoms with E-state index in [1.54, 1.807) is 0 Å². The normalized spacial score (nSPS) is 49.7. The molecule has 0 aromatic carbocycles. The predicted octanol–water partition coefficient (Wildman–Crippen LogP) is -25.0. The smallest absolute Gasteiger partial charge is 0.335 e. The molecule has 37 N–H and O–H groups in total. The summed E-state index contributed by atoms with van der Waals surface area (Å²) in [5, 5.41) is 399. The van der Waals surface area contributed by atoms with Gasteiger partial charge in [-0.3, -0.25) is 0 Å². The Morgan fingerprint density at radius 3 is 0.389 bits per heavy atom. The van der Waals surface area contributed by atoms with Gasteiger partial charge in [0.1, 0.15) is 208 Å². The summed E-state index contributed by atoms with van der Waals surface area (Å²) < 4.78 is 121. The van der Waals surface area contributed by atoms with E-state index in [0.29, 0.717) is 0 Å². The zero-order valence-corrected chi connectivity index (χ0v) is 71.6. The van der Waals surface area contributed by atoms with Crippen molar-refractivity contribution in [2.24, 2.45) is 0 Å². The number of carbonyl (C=O) groups is 12. The molecule has 0 aromatic rings. The lowest BCUT2D eigenvalue weighted by Crippen LogP contribution is -2.69. The number of aliphatic hydroxyl groups is 25. The number of hydrogen-bond donors (Lipinski definition) is 37. The number of rotatable bonds is 34. The largest absolute Gasteiger partial charge is 0.479 e. The van der Waals surface area contributed by atoms with Gasteiger partial charge in [-0.2, -0.15) is 0 Å². The van der Waals surface area contributed by atoms with Crippen LogP contribution in [0.1, 0.15) is 6.42 Å². The van der Waals surface area contributed by atoms with Gasteiger partial charge in [-0.1, -0.05) is 0 Å². The molecular formula is C72H98O72. The first kappa shape index (κ1) is 114. The molecule has 144 heavy (non-hydrogen) atoms. The Labute approximate surface area is 794 Å². The highest BCUT2D eigenvalue weighted by molar-refractivity contribution is 5.78. The van der Waals surface area contributed by atoms with E-state index in [1.165, 1.54) is 0 Å². The Morgan fingerprint density at radius 1 is 0.146 bits per heavy atom. The average Bonchev–Trinajstić information content (AvgIpc) is 0.761. The monoisotopic (exact) mass is 2110 g/mol. The standard InChI is InChI=1S/C72H98O72/c73-2-1-3(49(97)98)122-62(4(2)74)124-28-6(76)17(87)64(135-39(28)51(101)102)126-30-8(78)19(89)66(137-41(30)53(105)106)128-32-10(80)21(91)68(139-43(32)55(109)110)130-34-12(82)23(93)70(141-45(34)57(113)114)132-36-14(84)25(95)72(143-47(36)59(117)118)134-37-15(85)26(96)71(144-48(37)60(119)120)133-35-13(83)24(94)69(142-46(35)58(115)116)131-33-11(81)22(92)67(140-44(33)56(111)112)129-31-9(79)20(90)65(138-42(31)54(107)108)127-29-7(77)18(88)63(136-40(29)52(103)104)125-27-5(75)16(86)61(121)123-38(27)50(99)100/h2-48,61-96,121H,1H2,(H,97,98)(H,99,100)(H,101,102)(H,103,104)(H,105,106)(H,107,108)(H,109,110)(H,111,112)(H,113,114)(H,115,116)(H,117,118)(H,119,120). The molecular weight excluding hydrogens is 2020 g/mol. The first-order valence-corrected chi connectivity index (χ1v) is 42.0. The minimum Gasteiger partial charge on any atom is -0.479 e. The van der Waals surface area contributed by atoms with Gasteiger partial charge in [0.25, 0.3) is 0 Å². The van der Waals surface area contributed by atoms with E-state index in [1.807, 2.05) is 0 Å². The molecule has 12 fully saturated rings. The van der Waals surface area contributed by atoms with Crippen LogP contribution in [0.2, 0.25) is 0 Å². The van der Waals surface area contributed by atoms with Crippen LogP contribution in [0.25, 0.3) is 0 Å². The highest BCUT2D eigenvalue weighted by atomic mass is 16.8. The van der Waals surface area contributed by atoms with Crippen LogP contribution in [-0.4, -0.2) is 623 Å². The first-order valence-electron chi connectivity index (χ1n) is 42.0. The SMILES string of the molecule is O=C(O)C1CC(O)C(O)C(OC2C(C(=O)O)OC(OC3C(C(=O)O)OC(OC4C(C(=O)O)OC(OC5C(C(=O)O)OC(OC6C(C(=O)O)OC(OC7C(C(=O)O)OC(OC8C(C(=O)O)OC(OC9C(C(=O)O)OC(OC%10C(C(=O)O)OC(OC%11C(C(=O)O)OC(OC%12C(C(=O)O)OC(O)C(O)C%12O)C(O)C%11O)C(O)C%10O)C(O)C9O)C(O)C8O)C(O)C7O)C(O)C6O)C(O)C5O)C(O)C4O)C(O)C3O)C(O)C2O)O1. The van der Waals surface area contributed by atoms with Crippen molar-refractivity contribution in [2.45, 2.75) is 369 Å². The summed E-state index contributed by atoms with van der Waals surface area (Å²) in [6.45, 7) is 0. The second-order valence-corrected chi connectivity index (χ2v) is 33.9. The molecule has 0 aliphatic carbocycles. The highest BCUT2D eigenvalue weighted by Crippen LogP contribution is 2.43. The average molecular weight is 2120 g/mol. The Kier molecular flexibility index (Phi) is 36.6. The number of ether oxygens (including phenoxy) is 23. The zero-order chi connectivity index (χ0) is 107. The second kappa shape index (κ2) is 46.0. The lowest BCUT2D eigenvalue weighted by molar-refractivity contribution is -0.392. The van der Waals surface area contributed by atoms with Crippen molar-refractivity contribution in [1.82, 2.24) is 0 Å². The molecule has 0 saturated carbocycles. The second-order valence-electron chi connectivity index (χ2n) is 33.9. The third-order valence-corrected chi connectivity index (χ3v) is 24.6. The Bertz CT molecular complexity index is 4360. The van der Waals surface area contributed by atoms with Gasteiger partial charge < -0.3 is 298 Å². The van der Waals surface area contributed by atoms with Gasteiger partial charge >= 0.3 is 71.6 Å². The summed E-state index contributed by atoms with van der Waals surface area (Å²) in [6, 6.07) is 0. The quantitative estimate of drug-likeness (QED) is 0.0284. The summed E-state index contributed by atoms with van der Waals surface area (Å²) in [6.07, 6.45) is -158. The molecule has 59 atom stereocenters. The summed E-state index contributed by atoms with van der Waals surface area (Å²) in [5.74, 6) is -26.1. The highest BCUT2D eigenvalue weighted by Gasteiger charge is 2.67. The van der Waals surface area contributed by atoms with Crippen molar-refractivity contribution >= 4 is 71.6 Å². The maximum Gasteiger partial charge on any atom is 0.335 e. The minimum atomic E-state index is -2.88. The van der Waals surface area contributed by atoms with Gasteiger partial charge in [-0.15, -0.1) is 0 Å². The van der Waals surface area contributed by atoms with Gasteiger partial charge in [-0.25, -0.2) is 57.5 Å². The van der Waals surface area contributed by atoms with Crippen LogP contribution in [0.3, 0.4) is 0 Å². The van der Waals surface area contributed by atoms with E-state index in [9.17, 15) is 246 Å². The van der Waals surface area contributed by atoms with Crippen LogP contribution in [-0.2, 0) is 166 Å². The molecule has 12 aliphatic rings. The van der Waals surface area contributed by atoms with Crippen LogP contribution < -0.4 is 0 Å². The van der Waals surface area contributed by atoms with Crippen molar-refractivity contribution in [3.8, 4) is 0 Å². The number of aliphatic carboxylic acids is 12. The maximum atomic E-state index is 12.9. The van der Waals surface area contributed by atoms with Gasteiger partial charge in [0.15, 0.2) is 149 Å². The summed E-state index contributed by atoms with van der Waals surface area (Å²) in [5.41, 5.74) is 0. The predicted molar refractivity (Wildman–Crippen MR) is 400 cm³/mol. The molecule has 0 bridgehead atoms. The van der Waals surface area contributed by atoms with Crippen LogP contribution in [0.5, 0.6) is 0 Å². The van der Waals surface area contributed by atoms with Crippen molar-refractivity contribution in [3.63, 3.8) is 0 Å². The van der Waals surface area contributed by atoms with Crippen molar-refractivity contribution < 1.29 is 355 Å². The molecule has 59 unspecified atom stereocenters. The minimum absolute atomic E-state index is 0.718. The van der Waals surface area contributed by atoms with E-state index in [2.05, 4.69) is 0 Å². The Hall–Kier alpha value is -8.28. The molecule has 0 aromatic heterocycles. The third-order valence-electron chi connectivity index (χ3n) is 24.6. The molecule has 0 radical (unpaired) electrons. The van der Waals surface area contributed by atoms with E-state index in [0.717, 1.165) is 0 Å². The molecule has 818 valence electrons. The lowest BCUT2D eigenvalue weighted by Gasteiger charge is -2.49. The fourth-order valence-electron chi connectivity index (χ4n) is 17.0. The molecule has 72 nitrogen and oxygen atoms in total. The number of aliphatic hydroxyl groups excluding tert-OH is 25. The van der Waals surface area contributed by atoms with Crippen molar-refractivity contribution in [2.75, 3.05) is 0 Å². The van der Waals surface area contributed by atoms with Gasteiger partial charge in [0, 0.05) is 6.42 Å². The van der Waals surface area contributed by atoms with E-state index in [-0.39, 0.29) is 0 Å².